The van der Waals surface area contributed by atoms with Crippen LogP contribution in [0.25, 0.3) is 0 Å². The van der Waals surface area contributed by atoms with Gasteiger partial charge in [0.15, 0.2) is 0 Å². The molecule has 2 rings (SSSR count). The fourth-order valence-corrected chi connectivity index (χ4v) is 2.42. The molecule has 0 aliphatic heterocycles. The first-order chi connectivity index (χ1) is 10.6. The topological polar surface area (TPSA) is 97.0 Å². The molecule has 2 aromatic heterocycles. The van der Waals surface area contributed by atoms with Crippen molar-refractivity contribution in [2.75, 3.05) is 12.9 Å². The van der Waals surface area contributed by atoms with Crippen molar-refractivity contribution in [2.45, 2.75) is 18.5 Å². The minimum atomic E-state index is -0.419. The van der Waals surface area contributed by atoms with Gasteiger partial charge in [-0.15, -0.1) is 0 Å². The monoisotopic (exact) mass is 320 g/mol. The third-order valence-corrected chi connectivity index (χ3v) is 3.88. The number of nitrogens with one attached hydrogen (secondary N) is 2. The smallest absolute Gasteiger partial charge is 0.345 e. The second-order valence-electron chi connectivity index (χ2n) is 4.47. The van der Waals surface area contributed by atoms with Crippen molar-refractivity contribution in [3.8, 4) is 5.88 Å². The Labute approximate surface area is 131 Å². The predicted octanol–water partition coefficient (Wildman–Crippen LogP) is 0.890. The molecule has 0 aromatic carbocycles. The first-order valence-corrected chi connectivity index (χ1v) is 7.52. The van der Waals surface area contributed by atoms with Crippen LogP contribution >= 0.6 is 11.8 Å². The van der Waals surface area contributed by atoms with Gasteiger partial charge in [-0.1, -0.05) is 17.8 Å². The Kier molecular flexibility index (Phi) is 5.54. The van der Waals surface area contributed by atoms with E-state index < -0.39 is 5.69 Å². The Morgan fingerprint density at radius 1 is 1.45 bits per heavy atom. The van der Waals surface area contributed by atoms with Gasteiger partial charge in [0.05, 0.1) is 12.9 Å². The van der Waals surface area contributed by atoms with Gasteiger partial charge >= 0.3 is 5.69 Å². The van der Waals surface area contributed by atoms with E-state index in [1.54, 1.807) is 25.6 Å². The SMILES string of the molecule is COc1ccc(CNC(=O)CSc2nc(=O)[nH]cc2C)cn1. The van der Waals surface area contributed by atoms with Crippen LogP contribution in [0.5, 0.6) is 5.88 Å². The summed E-state index contributed by atoms with van der Waals surface area (Å²) in [6.45, 7) is 2.21. The number of thioether (sulfide) groups is 1. The normalized spacial score (nSPS) is 10.3. The Bertz CT molecular complexity index is 700. The van der Waals surface area contributed by atoms with Crippen LogP contribution in [0.1, 0.15) is 11.1 Å². The van der Waals surface area contributed by atoms with Crippen molar-refractivity contribution in [1.29, 1.82) is 0 Å². The summed E-state index contributed by atoms with van der Waals surface area (Å²) in [7, 11) is 1.55. The minimum absolute atomic E-state index is 0.137. The number of aromatic amines is 1. The molecule has 116 valence electrons. The molecule has 7 nitrogen and oxygen atoms in total. The van der Waals surface area contributed by atoms with Gasteiger partial charge in [-0.05, 0) is 18.1 Å². The summed E-state index contributed by atoms with van der Waals surface area (Å²) in [5, 5.41) is 3.35. The highest BCUT2D eigenvalue weighted by molar-refractivity contribution is 7.99. The molecule has 2 aromatic rings. The predicted molar refractivity (Wildman–Crippen MR) is 83.0 cm³/mol. The van der Waals surface area contributed by atoms with Crippen LogP contribution in [0.4, 0.5) is 0 Å². The molecule has 0 atom stereocenters. The summed E-state index contributed by atoms with van der Waals surface area (Å²) in [5.41, 5.74) is 1.29. The number of carbonyl (C=O) groups excluding carboxylic acids is 1. The molecule has 0 unspecified atom stereocenters. The molecule has 0 radical (unpaired) electrons. The summed E-state index contributed by atoms with van der Waals surface area (Å²) in [5.74, 6) is 0.588. The van der Waals surface area contributed by atoms with E-state index >= 15 is 0 Å². The summed E-state index contributed by atoms with van der Waals surface area (Å²) in [4.78, 5) is 33.3. The molecule has 0 saturated heterocycles. The van der Waals surface area contributed by atoms with Crippen molar-refractivity contribution in [3.05, 3.63) is 46.1 Å². The van der Waals surface area contributed by atoms with Crippen molar-refractivity contribution < 1.29 is 9.53 Å². The maximum Gasteiger partial charge on any atom is 0.345 e. The van der Waals surface area contributed by atoms with Crippen LogP contribution in [-0.4, -0.2) is 33.7 Å². The number of hydrogen-bond acceptors (Lipinski definition) is 6. The highest BCUT2D eigenvalue weighted by Crippen LogP contribution is 2.16. The number of H-pyrrole nitrogens is 1. The van der Waals surface area contributed by atoms with Gasteiger partial charge in [-0.25, -0.2) is 9.78 Å². The molecular weight excluding hydrogens is 304 g/mol. The Hall–Kier alpha value is -2.35. The fraction of sp³-hybridized carbons (Fsp3) is 0.286. The fourth-order valence-electron chi connectivity index (χ4n) is 1.61. The summed E-state index contributed by atoms with van der Waals surface area (Å²) in [6, 6.07) is 3.57. The molecule has 8 heteroatoms. The summed E-state index contributed by atoms with van der Waals surface area (Å²) in [6.07, 6.45) is 3.23. The highest BCUT2D eigenvalue weighted by Gasteiger charge is 2.07. The van der Waals surface area contributed by atoms with Gasteiger partial charge < -0.3 is 15.0 Å². The van der Waals surface area contributed by atoms with Gasteiger partial charge in [-0.3, -0.25) is 4.79 Å². The standard InChI is InChI=1S/C14H16N4O3S/c1-9-5-17-14(20)18-13(9)22-8-11(19)15-6-10-3-4-12(21-2)16-7-10/h3-5,7H,6,8H2,1-2H3,(H,15,19)(H,17,18,20). The zero-order valence-electron chi connectivity index (χ0n) is 12.3. The molecule has 0 saturated carbocycles. The number of aryl methyl sites for hydroxylation is 1. The van der Waals surface area contributed by atoms with Crippen molar-refractivity contribution in [2.24, 2.45) is 0 Å². The van der Waals surface area contributed by atoms with Crippen LogP contribution in [0, 0.1) is 6.92 Å². The lowest BCUT2D eigenvalue weighted by Crippen LogP contribution is -2.25. The molecule has 2 heterocycles. The number of nitrogens with zero attached hydrogens (tertiary/aromatic N) is 2. The number of hydrogen-bond donors (Lipinski definition) is 2. The van der Waals surface area contributed by atoms with Crippen molar-refractivity contribution in [1.82, 2.24) is 20.3 Å². The molecule has 0 spiro atoms. The lowest BCUT2D eigenvalue weighted by molar-refractivity contribution is -0.118. The van der Waals surface area contributed by atoms with E-state index in [1.165, 1.54) is 11.8 Å². The zero-order valence-corrected chi connectivity index (χ0v) is 13.1. The second-order valence-corrected chi connectivity index (χ2v) is 5.43. The van der Waals surface area contributed by atoms with Crippen LogP contribution < -0.4 is 15.7 Å². The van der Waals surface area contributed by atoms with Crippen LogP contribution in [0.3, 0.4) is 0 Å². The van der Waals surface area contributed by atoms with Gasteiger partial charge in [0, 0.05) is 25.0 Å². The van der Waals surface area contributed by atoms with E-state index in [-0.39, 0.29) is 11.7 Å². The second kappa shape index (κ2) is 7.60. The Morgan fingerprint density at radius 2 is 2.27 bits per heavy atom. The number of aromatic nitrogens is 3. The molecular formula is C14H16N4O3S. The van der Waals surface area contributed by atoms with E-state index in [1.807, 2.05) is 13.0 Å². The maximum atomic E-state index is 11.8. The summed E-state index contributed by atoms with van der Waals surface area (Å²) >= 11 is 1.23. The van der Waals surface area contributed by atoms with Crippen molar-refractivity contribution >= 4 is 17.7 Å². The van der Waals surface area contributed by atoms with Crippen molar-refractivity contribution in [3.63, 3.8) is 0 Å². The average Bonchev–Trinajstić information content (AvgIpc) is 2.54. The molecule has 0 fully saturated rings. The molecule has 2 N–H and O–H groups in total. The maximum absolute atomic E-state index is 11.8. The lowest BCUT2D eigenvalue weighted by Gasteiger charge is -2.06. The number of pyridine rings is 1. The first kappa shape index (κ1) is 16.0. The van der Waals surface area contributed by atoms with Crippen LogP contribution in [0.15, 0.2) is 34.3 Å². The largest absolute Gasteiger partial charge is 0.481 e. The zero-order chi connectivity index (χ0) is 15.9. The summed E-state index contributed by atoms with van der Waals surface area (Å²) < 4.78 is 4.97. The van der Waals surface area contributed by atoms with E-state index in [4.69, 9.17) is 4.74 Å². The lowest BCUT2D eigenvalue weighted by atomic mass is 10.3. The number of carbonyl (C=O) groups is 1. The number of ether oxygens (including phenoxy) is 1. The van der Waals surface area contributed by atoms with Gasteiger partial charge in [0.1, 0.15) is 5.03 Å². The third kappa shape index (κ3) is 4.59. The molecule has 0 aliphatic carbocycles. The minimum Gasteiger partial charge on any atom is -0.481 e. The first-order valence-electron chi connectivity index (χ1n) is 6.53. The average molecular weight is 320 g/mol. The van der Waals surface area contributed by atoms with Crippen LogP contribution in [-0.2, 0) is 11.3 Å². The van der Waals surface area contributed by atoms with Crippen LogP contribution in [0.2, 0.25) is 0 Å². The number of rotatable bonds is 6. The number of amides is 1. The van der Waals surface area contributed by atoms with E-state index in [9.17, 15) is 9.59 Å². The van der Waals surface area contributed by atoms with Gasteiger partial charge in [-0.2, -0.15) is 4.98 Å². The number of methoxy groups -OCH3 is 1. The Balaban J connectivity index is 1.82. The molecule has 0 aliphatic rings. The molecule has 1 amide bonds. The quantitative estimate of drug-likeness (QED) is 0.606. The van der Waals surface area contributed by atoms with E-state index in [2.05, 4.69) is 20.3 Å². The van der Waals surface area contributed by atoms with Gasteiger partial charge in [0.2, 0.25) is 11.8 Å². The third-order valence-electron chi connectivity index (χ3n) is 2.79. The highest BCUT2D eigenvalue weighted by atomic mass is 32.2. The molecule has 0 bridgehead atoms. The Morgan fingerprint density at radius 3 is 2.95 bits per heavy atom. The van der Waals surface area contributed by atoms with E-state index in [0.29, 0.717) is 17.5 Å². The van der Waals surface area contributed by atoms with E-state index in [0.717, 1.165) is 11.1 Å². The van der Waals surface area contributed by atoms with Gasteiger partial charge in [0.25, 0.3) is 0 Å². The molecule has 22 heavy (non-hydrogen) atoms.